The first kappa shape index (κ1) is 22.4. The van der Waals surface area contributed by atoms with Gasteiger partial charge in [0.05, 0.1) is 28.0 Å². The number of nitrogens with one attached hydrogen (secondary N) is 1. The second-order valence-corrected chi connectivity index (χ2v) is 9.87. The first-order valence-electron chi connectivity index (χ1n) is 8.83. The minimum atomic E-state index is -4.60. The molecule has 0 unspecified atom stereocenters. The fourth-order valence-electron chi connectivity index (χ4n) is 3.37. The van der Waals surface area contributed by atoms with Crippen molar-refractivity contribution in [2.75, 3.05) is 5.32 Å². The summed E-state index contributed by atoms with van der Waals surface area (Å²) in [4.78, 5) is 24.8. The lowest BCUT2D eigenvalue weighted by Crippen LogP contribution is -2.38. The van der Waals surface area contributed by atoms with E-state index >= 15 is 0 Å². The van der Waals surface area contributed by atoms with Crippen molar-refractivity contribution in [2.24, 2.45) is 10.7 Å². The SMILES string of the molecule is CC1(C)C[C@@](C)(c2cncc(NC(=O)c3ncc(C(F)(F)F)cc3Cl)c2)N=C(N)S1. The molecular formula is C19H19ClF3N5OS. The number of pyridine rings is 2. The molecule has 1 amide bonds. The molecule has 30 heavy (non-hydrogen) atoms. The van der Waals surface area contributed by atoms with E-state index in [1.54, 1.807) is 12.3 Å². The van der Waals surface area contributed by atoms with Crippen molar-refractivity contribution in [3.8, 4) is 0 Å². The van der Waals surface area contributed by atoms with E-state index in [9.17, 15) is 18.0 Å². The maximum Gasteiger partial charge on any atom is 0.417 e. The smallest absolute Gasteiger partial charge is 0.378 e. The van der Waals surface area contributed by atoms with E-state index in [-0.39, 0.29) is 10.4 Å². The summed E-state index contributed by atoms with van der Waals surface area (Å²) in [6.45, 7) is 6.06. The lowest BCUT2D eigenvalue weighted by Gasteiger charge is -2.39. The lowest BCUT2D eigenvalue weighted by molar-refractivity contribution is -0.137. The summed E-state index contributed by atoms with van der Waals surface area (Å²) >= 11 is 7.34. The van der Waals surface area contributed by atoms with Gasteiger partial charge in [-0.05, 0) is 31.0 Å². The van der Waals surface area contributed by atoms with Gasteiger partial charge in [-0.1, -0.05) is 37.2 Å². The molecule has 0 saturated heterocycles. The zero-order valence-corrected chi connectivity index (χ0v) is 17.9. The van der Waals surface area contributed by atoms with Crippen LogP contribution in [0.25, 0.3) is 0 Å². The van der Waals surface area contributed by atoms with Crippen LogP contribution in [0.4, 0.5) is 18.9 Å². The molecule has 0 radical (unpaired) electrons. The topological polar surface area (TPSA) is 93.3 Å². The summed E-state index contributed by atoms with van der Waals surface area (Å²) < 4.78 is 38.1. The fourth-order valence-corrected chi connectivity index (χ4v) is 4.79. The highest BCUT2D eigenvalue weighted by atomic mass is 35.5. The number of nitrogens with zero attached hydrogens (tertiary/aromatic N) is 3. The molecule has 0 aliphatic carbocycles. The van der Waals surface area contributed by atoms with E-state index in [1.807, 2.05) is 6.92 Å². The van der Waals surface area contributed by atoms with Crippen molar-refractivity contribution >= 4 is 40.1 Å². The Morgan fingerprint density at radius 3 is 2.53 bits per heavy atom. The van der Waals surface area contributed by atoms with Gasteiger partial charge >= 0.3 is 6.18 Å². The Bertz CT molecular complexity index is 1030. The Labute approximate surface area is 180 Å². The highest BCUT2D eigenvalue weighted by molar-refractivity contribution is 8.15. The average molecular weight is 458 g/mol. The van der Waals surface area contributed by atoms with E-state index in [0.29, 0.717) is 29.5 Å². The van der Waals surface area contributed by atoms with Gasteiger partial charge in [-0.15, -0.1) is 0 Å². The number of anilines is 1. The maximum absolute atomic E-state index is 12.8. The molecule has 0 fully saturated rings. The summed E-state index contributed by atoms with van der Waals surface area (Å²) in [6.07, 6.45) is -0.291. The van der Waals surface area contributed by atoms with Gasteiger partial charge in [0.1, 0.15) is 5.69 Å². The molecule has 3 heterocycles. The summed E-state index contributed by atoms with van der Waals surface area (Å²) in [5.41, 5.74) is 5.07. The van der Waals surface area contributed by atoms with Crippen LogP contribution < -0.4 is 11.1 Å². The number of rotatable bonds is 3. The fraction of sp³-hybridized carbons (Fsp3) is 0.368. The Balaban J connectivity index is 1.86. The third kappa shape index (κ3) is 4.86. The number of amidine groups is 1. The molecule has 1 atom stereocenters. The first-order chi connectivity index (χ1) is 13.8. The Kier molecular flexibility index (Phi) is 5.76. The number of carbonyl (C=O) groups excluding carboxylic acids is 1. The second kappa shape index (κ2) is 7.73. The molecule has 0 bridgehead atoms. The van der Waals surface area contributed by atoms with Crippen LogP contribution >= 0.6 is 23.4 Å². The predicted molar refractivity (Wildman–Crippen MR) is 112 cm³/mol. The van der Waals surface area contributed by atoms with Crippen molar-refractivity contribution in [1.82, 2.24) is 9.97 Å². The van der Waals surface area contributed by atoms with Crippen molar-refractivity contribution < 1.29 is 18.0 Å². The third-order valence-electron chi connectivity index (χ3n) is 4.51. The normalized spacial score (nSPS) is 21.1. The second-order valence-electron chi connectivity index (χ2n) is 7.73. The van der Waals surface area contributed by atoms with Gasteiger partial charge in [0.25, 0.3) is 5.91 Å². The van der Waals surface area contributed by atoms with E-state index < -0.39 is 28.2 Å². The summed E-state index contributed by atoms with van der Waals surface area (Å²) in [7, 11) is 0. The summed E-state index contributed by atoms with van der Waals surface area (Å²) in [5.74, 6) is -0.750. The van der Waals surface area contributed by atoms with Gasteiger partial charge in [0.2, 0.25) is 0 Å². The van der Waals surface area contributed by atoms with E-state index in [0.717, 1.165) is 5.56 Å². The standard InChI is InChI=1S/C19H19ClF3N5OS/c1-17(2)9-18(3,28-16(24)30-17)10-4-12(8-25-6-10)27-15(29)14-13(20)5-11(7-26-14)19(21,22)23/h4-8H,9H2,1-3H3,(H2,24,28)(H,27,29)/t18-/m0/s1. The number of hydrogen-bond acceptors (Lipinski definition) is 6. The first-order valence-corrected chi connectivity index (χ1v) is 10.0. The average Bonchev–Trinajstić information content (AvgIpc) is 2.59. The van der Waals surface area contributed by atoms with Crippen LogP contribution in [0.2, 0.25) is 5.02 Å². The van der Waals surface area contributed by atoms with Crippen molar-refractivity contribution in [3.63, 3.8) is 0 Å². The number of alkyl halides is 3. The number of amides is 1. The van der Waals surface area contributed by atoms with Gasteiger partial charge < -0.3 is 11.1 Å². The molecule has 3 rings (SSSR count). The van der Waals surface area contributed by atoms with Gasteiger partial charge in [0, 0.05) is 17.1 Å². The van der Waals surface area contributed by atoms with Crippen molar-refractivity contribution in [2.45, 2.75) is 43.7 Å². The molecule has 1 aliphatic rings. The Morgan fingerprint density at radius 2 is 1.93 bits per heavy atom. The number of aromatic nitrogens is 2. The van der Waals surface area contributed by atoms with Crippen LogP contribution in [0.15, 0.2) is 35.7 Å². The van der Waals surface area contributed by atoms with Crippen LogP contribution in [-0.4, -0.2) is 25.8 Å². The monoisotopic (exact) mass is 457 g/mol. The molecule has 6 nitrogen and oxygen atoms in total. The van der Waals surface area contributed by atoms with Crippen LogP contribution in [0.5, 0.6) is 0 Å². The number of nitrogens with two attached hydrogens (primary N) is 1. The molecular weight excluding hydrogens is 439 g/mol. The summed E-state index contributed by atoms with van der Waals surface area (Å²) in [6, 6.07) is 2.37. The minimum Gasteiger partial charge on any atom is -0.378 e. The van der Waals surface area contributed by atoms with Gasteiger partial charge in [-0.25, -0.2) is 4.98 Å². The molecule has 160 valence electrons. The molecule has 0 aromatic carbocycles. The molecule has 3 N–H and O–H groups in total. The zero-order chi connectivity index (χ0) is 22.3. The summed E-state index contributed by atoms with van der Waals surface area (Å²) in [5, 5.41) is 2.63. The number of aliphatic imine (C=N–C) groups is 1. The quantitative estimate of drug-likeness (QED) is 0.687. The van der Waals surface area contributed by atoms with E-state index in [4.69, 9.17) is 17.3 Å². The number of hydrogen-bond donors (Lipinski definition) is 2. The Hall–Kier alpha value is -2.33. The predicted octanol–water partition coefficient (Wildman–Crippen LogP) is 4.85. The lowest BCUT2D eigenvalue weighted by atomic mass is 9.84. The number of carbonyl (C=O) groups is 1. The highest BCUT2D eigenvalue weighted by Gasteiger charge is 2.39. The van der Waals surface area contributed by atoms with Gasteiger partial charge in [-0.3, -0.25) is 14.8 Å². The van der Waals surface area contributed by atoms with E-state index in [2.05, 4.69) is 34.1 Å². The molecule has 2 aromatic heterocycles. The Morgan fingerprint density at radius 1 is 1.23 bits per heavy atom. The van der Waals surface area contributed by atoms with Gasteiger partial charge in [-0.2, -0.15) is 13.2 Å². The number of thioether (sulfide) groups is 1. The van der Waals surface area contributed by atoms with Crippen LogP contribution in [0, 0.1) is 0 Å². The van der Waals surface area contributed by atoms with Crippen molar-refractivity contribution in [1.29, 1.82) is 0 Å². The molecule has 0 spiro atoms. The van der Waals surface area contributed by atoms with Crippen LogP contribution in [0.3, 0.4) is 0 Å². The third-order valence-corrected chi connectivity index (χ3v) is 5.79. The molecule has 0 saturated carbocycles. The highest BCUT2D eigenvalue weighted by Crippen LogP contribution is 2.45. The minimum absolute atomic E-state index is 0.141. The van der Waals surface area contributed by atoms with E-state index in [1.165, 1.54) is 18.0 Å². The van der Waals surface area contributed by atoms with Crippen LogP contribution in [-0.2, 0) is 11.7 Å². The zero-order valence-electron chi connectivity index (χ0n) is 16.3. The largest absolute Gasteiger partial charge is 0.417 e. The van der Waals surface area contributed by atoms with Crippen LogP contribution in [0.1, 0.15) is 48.8 Å². The molecule has 1 aliphatic heterocycles. The maximum atomic E-state index is 12.8. The van der Waals surface area contributed by atoms with Crippen molar-refractivity contribution in [3.05, 3.63) is 52.6 Å². The van der Waals surface area contributed by atoms with Gasteiger partial charge in [0.15, 0.2) is 5.17 Å². The molecule has 11 heteroatoms. The number of halogens is 4. The molecule has 2 aromatic rings.